The van der Waals surface area contributed by atoms with Crippen LogP contribution in [0.5, 0.6) is 0 Å². The molecule has 0 radical (unpaired) electrons. The Labute approximate surface area is 284 Å². The topological polar surface area (TPSA) is 49.3 Å². The molecule has 0 saturated heterocycles. The van der Waals surface area contributed by atoms with Gasteiger partial charge in [-0.05, 0) is 45.4 Å². The number of amides is 1. The maximum absolute atomic E-state index is 12.3. The fourth-order valence-electron chi connectivity index (χ4n) is 6.46. The molecule has 268 valence electrons. The minimum atomic E-state index is -0.418. The van der Waals surface area contributed by atoms with Crippen LogP contribution in [0.2, 0.25) is 0 Å². The third-order valence-electron chi connectivity index (χ3n) is 9.73. The molecule has 0 aliphatic rings. The van der Waals surface area contributed by atoms with Crippen molar-refractivity contribution in [1.29, 1.82) is 0 Å². The smallest absolute Gasteiger partial charge is 0.220 e. The quantitative estimate of drug-likeness (QED) is 0.0528. The van der Waals surface area contributed by atoms with E-state index in [1.165, 1.54) is 186 Å². The summed E-state index contributed by atoms with van der Waals surface area (Å²) in [7, 11) is 0. The van der Waals surface area contributed by atoms with Gasteiger partial charge in [-0.25, -0.2) is 0 Å². The van der Waals surface area contributed by atoms with Crippen LogP contribution in [-0.4, -0.2) is 23.2 Å². The molecule has 3 nitrogen and oxygen atoms in total. The molecule has 1 amide bonds. The molecule has 0 saturated carbocycles. The summed E-state index contributed by atoms with van der Waals surface area (Å²) < 4.78 is 0. The van der Waals surface area contributed by atoms with Crippen molar-refractivity contribution in [1.82, 2.24) is 5.32 Å². The Bertz CT molecular complexity index is 604. The van der Waals surface area contributed by atoms with Gasteiger partial charge in [-0.1, -0.05) is 199 Å². The lowest BCUT2D eigenvalue weighted by Crippen LogP contribution is -2.41. The first-order valence-corrected chi connectivity index (χ1v) is 20.7. The molecule has 45 heavy (non-hydrogen) atoms. The number of unbranched alkanes of at least 4 members (excludes halogenated alkanes) is 29. The Kier molecular flexibility index (Phi) is 36.9. The van der Waals surface area contributed by atoms with Crippen LogP contribution < -0.4 is 5.32 Å². The molecule has 0 spiro atoms. The molecule has 2 N–H and O–H groups in total. The predicted molar refractivity (Wildman–Crippen MR) is 201 cm³/mol. The molecule has 0 rings (SSSR count). The number of hydrogen-bond donors (Lipinski definition) is 2. The highest BCUT2D eigenvalue weighted by Crippen LogP contribution is 2.16. The van der Waals surface area contributed by atoms with Gasteiger partial charge in [0.15, 0.2) is 0 Å². The first kappa shape index (κ1) is 44.2. The van der Waals surface area contributed by atoms with Crippen LogP contribution in [0.15, 0.2) is 12.2 Å². The van der Waals surface area contributed by atoms with Crippen molar-refractivity contribution in [2.75, 3.05) is 0 Å². The van der Waals surface area contributed by atoms with Crippen molar-refractivity contribution in [3.63, 3.8) is 0 Å². The lowest BCUT2D eigenvalue weighted by molar-refractivity contribution is -0.122. The highest BCUT2D eigenvalue weighted by atomic mass is 16.3. The molecule has 0 aliphatic carbocycles. The van der Waals surface area contributed by atoms with Gasteiger partial charge in [0, 0.05) is 6.42 Å². The van der Waals surface area contributed by atoms with E-state index in [2.05, 4.69) is 31.3 Å². The summed E-state index contributed by atoms with van der Waals surface area (Å²) >= 11 is 0. The van der Waals surface area contributed by atoms with Crippen LogP contribution in [0.3, 0.4) is 0 Å². The van der Waals surface area contributed by atoms with Gasteiger partial charge < -0.3 is 10.4 Å². The molecule has 0 bridgehead atoms. The van der Waals surface area contributed by atoms with E-state index in [-0.39, 0.29) is 11.9 Å². The van der Waals surface area contributed by atoms with Gasteiger partial charge >= 0.3 is 0 Å². The maximum atomic E-state index is 12.3. The number of aliphatic hydroxyl groups excluding tert-OH is 1. The molecule has 0 fully saturated rings. The van der Waals surface area contributed by atoms with Gasteiger partial charge in [0.25, 0.3) is 0 Å². The molecule has 0 aromatic carbocycles. The average molecular weight is 634 g/mol. The van der Waals surface area contributed by atoms with Crippen LogP contribution >= 0.6 is 0 Å². The van der Waals surface area contributed by atoms with Gasteiger partial charge in [-0.15, -0.1) is 0 Å². The molecule has 0 aliphatic heterocycles. The SMILES string of the molecule is CCCCCCCC/C=C/CCCCCCCCCCCCCC(=O)N[C@@H](C)[C@H](O)CCCCCCCCCCCCCCC. The largest absolute Gasteiger partial charge is 0.391 e. The second-order valence-electron chi connectivity index (χ2n) is 14.4. The molecule has 0 aromatic rings. The number of carbonyl (C=O) groups is 1. The summed E-state index contributed by atoms with van der Waals surface area (Å²) in [5.74, 6) is 0.111. The van der Waals surface area contributed by atoms with Crippen LogP contribution in [0, 0.1) is 0 Å². The Morgan fingerprint density at radius 2 is 0.800 bits per heavy atom. The maximum Gasteiger partial charge on any atom is 0.220 e. The fraction of sp³-hybridized carbons (Fsp3) is 0.929. The van der Waals surface area contributed by atoms with E-state index in [1.807, 2.05) is 6.92 Å². The van der Waals surface area contributed by atoms with E-state index in [9.17, 15) is 9.90 Å². The van der Waals surface area contributed by atoms with E-state index in [4.69, 9.17) is 0 Å². The van der Waals surface area contributed by atoms with Gasteiger partial charge in [-0.2, -0.15) is 0 Å². The molecule has 0 aromatic heterocycles. The normalized spacial score (nSPS) is 13.1. The van der Waals surface area contributed by atoms with Crippen LogP contribution in [0.1, 0.15) is 239 Å². The van der Waals surface area contributed by atoms with E-state index >= 15 is 0 Å². The zero-order valence-electron chi connectivity index (χ0n) is 31.2. The second-order valence-corrected chi connectivity index (χ2v) is 14.4. The van der Waals surface area contributed by atoms with Crippen molar-refractivity contribution in [3.8, 4) is 0 Å². The Hall–Kier alpha value is -0.830. The standard InChI is InChI=1S/C42H83NO2/c1-4-6-8-10-12-14-16-18-19-20-21-22-23-24-25-27-29-31-33-35-37-39-42(45)43-40(3)41(44)38-36-34-32-30-28-26-17-15-13-11-9-7-5-2/h18-19,40-41,44H,4-17,20-39H2,1-3H3,(H,43,45)/b19-18+/t40-,41+/m0/s1. The van der Waals surface area contributed by atoms with E-state index in [0.717, 1.165) is 25.7 Å². The number of aliphatic hydroxyl groups is 1. The van der Waals surface area contributed by atoms with Crippen molar-refractivity contribution in [2.45, 2.75) is 251 Å². The summed E-state index contributed by atoms with van der Waals surface area (Å²) in [6.45, 7) is 6.52. The van der Waals surface area contributed by atoms with Crippen molar-refractivity contribution in [2.24, 2.45) is 0 Å². The third-order valence-corrected chi connectivity index (χ3v) is 9.73. The highest BCUT2D eigenvalue weighted by Gasteiger charge is 2.16. The summed E-state index contributed by atoms with van der Waals surface area (Å²) in [6, 6.07) is -0.138. The minimum Gasteiger partial charge on any atom is -0.391 e. The number of carbonyl (C=O) groups excluding carboxylic acids is 1. The molecule has 3 heteroatoms. The Morgan fingerprint density at radius 1 is 0.489 bits per heavy atom. The van der Waals surface area contributed by atoms with E-state index < -0.39 is 6.10 Å². The summed E-state index contributed by atoms with van der Waals surface area (Å²) in [5, 5.41) is 13.5. The first-order valence-electron chi connectivity index (χ1n) is 20.7. The highest BCUT2D eigenvalue weighted by molar-refractivity contribution is 5.76. The monoisotopic (exact) mass is 634 g/mol. The van der Waals surface area contributed by atoms with Gasteiger partial charge in [0.1, 0.15) is 0 Å². The first-order chi connectivity index (χ1) is 22.1. The third kappa shape index (κ3) is 35.9. The van der Waals surface area contributed by atoms with Crippen LogP contribution in [0.4, 0.5) is 0 Å². The zero-order valence-corrected chi connectivity index (χ0v) is 31.2. The zero-order chi connectivity index (χ0) is 32.9. The summed E-state index contributed by atoms with van der Waals surface area (Å²) in [6.07, 6.45) is 48.5. The van der Waals surface area contributed by atoms with E-state index in [1.54, 1.807) is 0 Å². The van der Waals surface area contributed by atoms with Crippen LogP contribution in [-0.2, 0) is 4.79 Å². The average Bonchev–Trinajstić information content (AvgIpc) is 3.03. The lowest BCUT2D eigenvalue weighted by atomic mass is 10.0. The molecular weight excluding hydrogens is 550 g/mol. The number of nitrogens with one attached hydrogen (secondary N) is 1. The minimum absolute atomic E-state index is 0.111. The van der Waals surface area contributed by atoms with Crippen LogP contribution in [0.25, 0.3) is 0 Å². The number of hydrogen-bond acceptors (Lipinski definition) is 2. The molecular formula is C42H83NO2. The van der Waals surface area contributed by atoms with Crippen molar-refractivity contribution >= 4 is 5.91 Å². The van der Waals surface area contributed by atoms with Gasteiger partial charge in [-0.3, -0.25) is 4.79 Å². The second kappa shape index (κ2) is 37.6. The Morgan fingerprint density at radius 3 is 1.18 bits per heavy atom. The summed E-state index contributed by atoms with van der Waals surface area (Å²) in [4.78, 5) is 12.3. The Balaban J connectivity index is 3.39. The molecule has 0 unspecified atom stereocenters. The van der Waals surface area contributed by atoms with E-state index in [0.29, 0.717) is 6.42 Å². The van der Waals surface area contributed by atoms with Gasteiger partial charge in [0.2, 0.25) is 5.91 Å². The van der Waals surface area contributed by atoms with Crippen molar-refractivity contribution in [3.05, 3.63) is 12.2 Å². The lowest BCUT2D eigenvalue weighted by Gasteiger charge is -2.20. The van der Waals surface area contributed by atoms with Crippen molar-refractivity contribution < 1.29 is 9.90 Å². The van der Waals surface area contributed by atoms with Gasteiger partial charge in [0.05, 0.1) is 12.1 Å². The number of allylic oxidation sites excluding steroid dienone is 2. The molecule has 0 heterocycles. The predicted octanol–water partition coefficient (Wildman–Crippen LogP) is 13.7. The molecule has 2 atom stereocenters. The fourth-order valence-corrected chi connectivity index (χ4v) is 6.46. The summed E-state index contributed by atoms with van der Waals surface area (Å²) in [5.41, 5.74) is 0. The number of rotatable bonds is 37.